The Kier molecular flexibility index (Phi) is 6.81. The minimum atomic E-state index is -0.287. The Bertz CT molecular complexity index is 435. The average molecular weight is 264 g/mol. The van der Waals surface area contributed by atoms with Crippen molar-refractivity contribution in [2.75, 3.05) is 13.2 Å². The molecule has 1 aromatic rings. The Morgan fingerprint density at radius 3 is 2.21 bits per heavy atom. The van der Waals surface area contributed by atoms with Gasteiger partial charge in [0.2, 0.25) is 0 Å². The zero-order valence-corrected chi connectivity index (χ0v) is 11.7. The zero-order chi connectivity index (χ0) is 14.1. The van der Waals surface area contributed by atoms with Crippen molar-refractivity contribution in [1.82, 2.24) is 0 Å². The molecule has 0 atom stereocenters. The van der Waals surface area contributed by atoms with E-state index in [1.165, 1.54) is 6.07 Å². The van der Waals surface area contributed by atoms with Crippen LogP contribution in [0.2, 0.25) is 0 Å². The molecule has 0 radical (unpaired) electrons. The predicted molar refractivity (Wildman–Crippen MR) is 75.1 cm³/mol. The van der Waals surface area contributed by atoms with Gasteiger partial charge in [0.05, 0.1) is 13.2 Å². The summed E-state index contributed by atoms with van der Waals surface area (Å²) >= 11 is 0. The van der Waals surface area contributed by atoms with Gasteiger partial charge in [-0.2, -0.15) is 0 Å². The summed E-state index contributed by atoms with van der Waals surface area (Å²) in [5.74, 6) is 3.30. The maximum atomic E-state index is 13.9. The normalized spacial score (nSPS) is 10.0. The highest BCUT2D eigenvalue weighted by atomic mass is 19.1. The first-order valence-corrected chi connectivity index (χ1v) is 6.74. The van der Waals surface area contributed by atoms with Crippen molar-refractivity contribution in [3.05, 3.63) is 23.5 Å². The Morgan fingerprint density at radius 2 is 1.68 bits per heavy atom. The third-order valence-corrected chi connectivity index (χ3v) is 2.57. The van der Waals surface area contributed by atoms with Gasteiger partial charge < -0.3 is 9.47 Å². The highest BCUT2D eigenvalue weighted by Gasteiger charge is 2.12. The molecule has 2 nitrogen and oxygen atoms in total. The Labute approximate surface area is 114 Å². The van der Waals surface area contributed by atoms with Gasteiger partial charge in [0, 0.05) is 12.5 Å². The van der Waals surface area contributed by atoms with Crippen molar-refractivity contribution in [1.29, 1.82) is 0 Å². The smallest absolute Gasteiger partial charge is 0.164 e. The van der Waals surface area contributed by atoms with Gasteiger partial charge in [0.15, 0.2) is 11.5 Å². The van der Waals surface area contributed by atoms with E-state index in [-0.39, 0.29) is 5.82 Å². The van der Waals surface area contributed by atoms with Gasteiger partial charge >= 0.3 is 0 Å². The van der Waals surface area contributed by atoms with E-state index in [1.54, 1.807) is 6.07 Å². The number of rotatable bonds is 8. The third-order valence-electron chi connectivity index (χ3n) is 2.57. The molecule has 0 unspecified atom stereocenters. The minimum Gasteiger partial charge on any atom is -0.490 e. The van der Waals surface area contributed by atoms with E-state index < -0.39 is 0 Å². The van der Waals surface area contributed by atoms with Gasteiger partial charge in [0.25, 0.3) is 0 Å². The Hall–Kier alpha value is -1.69. The van der Waals surface area contributed by atoms with Crippen molar-refractivity contribution in [3.63, 3.8) is 0 Å². The van der Waals surface area contributed by atoms with Crippen LogP contribution in [0.5, 0.6) is 11.5 Å². The van der Waals surface area contributed by atoms with E-state index in [9.17, 15) is 4.39 Å². The van der Waals surface area contributed by atoms with Crippen LogP contribution in [0.15, 0.2) is 12.1 Å². The molecule has 0 spiro atoms. The Balaban J connectivity index is 2.95. The molecule has 104 valence electrons. The van der Waals surface area contributed by atoms with Gasteiger partial charge in [-0.05, 0) is 30.9 Å². The monoisotopic (exact) mass is 264 g/mol. The average Bonchev–Trinajstić information content (AvgIpc) is 2.42. The topological polar surface area (TPSA) is 18.5 Å². The minimum absolute atomic E-state index is 0.287. The molecule has 0 fully saturated rings. The van der Waals surface area contributed by atoms with Gasteiger partial charge in [-0.15, -0.1) is 12.3 Å². The van der Waals surface area contributed by atoms with Crippen LogP contribution in [0.1, 0.15) is 38.7 Å². The zero-order valence-electron chi connectivity index (χ0n) is 11.7. The number of hydrogen-bond acceptors (Lipinski definition) is 2. The fourth-order valence-corrected chi connectivity index (χ4v) is 1.63. The summed E-state index contributed by atoms with van der Waals surface area (Å²) in [6, 6.07) is 3.10. The lowest BCUT2D eigenvalue weighted by molar-refractivity contribution is 0.266. The molecular formula is C16H21FO2. The van der Waals surface area contributed by atoms with Gasteiger partial charge in [-0.25, -0.2) is 4.39 Å². The summed E-state index contributed by atoms with van der Waals surface area (Å²) in [6.07, 6.45) is 8.00. The third kappa shape index (κ3) is 4.82. The van der Waals surface area contributed by atoms with E-state index in [4.69, 9.17) is 15.9 Å². The van der Waals surface area contributed by atoms with E-state index in [1.807, 2.05) is 13.8 Å². The molecule has 0 bridgehead atoms. The summed E-state index contributed by atoms with van der Waals surface area (Å²) in [7, 11) is 0. The number of hydrogen-bond donors (Lipinski definition) is 0. The SMILES string of the molecule is C#CCCc1cc(OCCC)c(OCCC)cc1F. The lowest BCUT2D eigenvalue weighted by atomic mass is 10.1. The van der Waals surface area contributed by atoms with Gasteiger partial charge in [-0.3, -0.25) is 0 Å². The summed E-state index contributed by atoms with van der Waals surface area (Å²) in [4.78, 5) is 0. The number of terminal acetylenes is 1. The molecule has 0 amide bonds. The summed E-state index contributed by atoms with van der Waals surface area (Å²) in [5.41, 5.74) is 0.577. The second-order valence-corrected chi connectivity index (χ2v) is 4.29. The largest absolute Gasteiger partial charge is 0.490 e. The first kappa shape index (κ1) is 15.4. The van der Waals surface area contributed by atoms with Crippen LogP contribution in [0.4, 0.5) is 4.39 Å². The number of benzene rings is 1. The van der Waals surface area contributed by atoms with Gasteiger partial charge in [-0.1, -0.05) is 13.8 Å². The first-order valence-electron chi connectivity index (χ1n) is 6.74. The summed E-state index contributed by atoms with van der Waals surface area (Å²) < 4.78 is 25.0. The van der Waals surface area contributed by atoms with Crippen LogP contribution in [-0.4, -0.2) is 13.2 Å². The molecule has 19 heavy (non-hydrogen) atoms. The number of aryl methyl sites for hydroxylation is 1. The van der Waals surface area contributed by atoms with Crippen molar-refractivity contribution in [2.45, 2.75) is 39.5 Å². The molecule has 0 aliphatic rings. The fourth-order valence-electron chi connectivity index (χ4n) is 1.63. The van der Waals surface area contributed by atoms with Gasteiger partial charge in [0.1, 0.15) is 5.82 Å². The molecule has 1 aromatic carbocycles. The van der Waals surface area contributed by atoms with Crippen LogP contribution < -0.4 is 9.47 Å². The second kappa shape index (κ2) is 8.42. The highest BCUT2D eigenvalue weighted by molar-refractivity contribution is 5.44. The second-order valence-electron chi connectivity index (χ2n) is 4.29. The molecule has 0 aromatic heterocycles. The molecule has 3 heteroatoms. The fraction of sp³-hybridized carbons (Fsp3) is 0.500. The van der Waals surface area contributed by atoms with Crippen LogP contribution in [-0.2, 0) is 6.42 Å². The molecule has 0 heterocycles. The number of halogens is 1. The maximum Gasteiger partial charge on any atom is 0.164 e. The van der Waals surface area contributed by atoms with E-state index in [2.05, 4.69) is 5.92 Å². The molecule has 0 aliphatic carbocycles. The molecule has 0 aliphatic heterocycles. The number of ether oxygens (including phenoxy) is 2. The molecule has 1 rings (SSSR count). The van der Waals surface area contributed by atoms with E-state index >= 15 is 0 Å². The maximum absolute atomic E-state index is 13.9. The van der Waals surface area contributed by atoms with Crippen LogP contribution >= 0.6 is 0 Å². The van der Waals surface area contributed by atoms with E-state index in [0.29, 0.717) is 43.1 Å². The van der Waals surface area contributed by atoms with Crippen molar-refractivity contribution in [2.24, 2.45) is 0 Å². The van der Waals surface area contributed by atoms with Crippen molar-refractivity contribution in [3.8, 4) is 23.8 Å². The molecule has 0 N–H and O–H groups in total. The lowest BCUT2D eigenvalue weighted by Gasteiger charge is -2.14. The van der Waals surface area contributed by atoms with E-state index in [0.717, 1.165) is 12.8 Å². The molecule has 0 saturated carbocycles. The van der Waals surface area contributed by atoms with Crippen molar-refractivity contribution >= 4 is 0 Å². The highest BCUT2D eigenvalue weighted by Crippen LogP contribution is 2.31. The van der Waals surface area contributed by atoms with Crippen LogP contribution in [0.25, 0.3) is 0 Å². The lowest BCUT2D eigenvalue weighted by Crippen LogP contribution is -2.03. The quantitative estimate of drug-likeness (QED) is 0.661. The predicted octanol–water partition coefficient (Wildman–Crippen LogP) is 3.97. The Morgan fingerprint density at radius 1 is 1.11 bits per heavy atom. The first-order chi connectivity index (χ1) is 9.22. The summed E-state index contributed by atoms with van der Waals surface area (Å²) in [5, 5.41) is 0. The van der Waals surface area contributed by atoms with Crippen LogP contribution in [0, 0.1) is 18.2 Å². The molecular weight excluding hydrogens is 243 g/mol. The summed E-state index contributed by atoms with van der Waals surface area (Å²) in [6.45, 7) is 5.16. The molecule has 0 saturated heterocycles. The van der Waals surface area contributed by atoms with Crippen LogP contribution in [0.3, 0.4) is 0 Å². The van der Waals surface area contributed by atoms with Crippen molar-refractivity contribution < 1.29 is 13.9 Å². The standard InChI is InChI=1S/C16H21FO2/c1-4-7-8-13-11-15(18-9-5-2)16(12-14(13)17)19-10-6-3/h1,11-12H,5-10H2,2-3H3.